The molecule has 146 valence electrons. The average Bonchev–Trinajstić information content (AvgIpc) is 2.69. The van der Waals surface area contributed by atoms with Gasteiger partial charge in [0, 0.05) is 49.9 Å². The second-order valence-electron chi connectivity index (χ2n) is 6.47. The normalized spacial score (nSPS) is 14.0. The summed E-state index contributed by atoms with van der Waals surface area (Å²) in [7, 11) is 0. The molecule has 1 aliphatic rings. The maximum atomic E-state index is 13.3. The first-order chi connectivity index (χ1) is 13.3. The third-order valence-corrected chi connectivity index (χ3v) is 4.47. The molecule has 0 saturated carbocycles. The summed E-state index contributed by atoms with van der Waals surface area (Å²) in [5, 5.41) is 2.63. The summed E-state index contributed by atoms with van der Waals surface area (Å²) in [6.45, 7) is 2.67. The number of carbonyl (C=O) groups is 3. The Balaban J connectivity index is 1.59. The van der Waals surface area contributed by atoms with Crippen molar-refractivity contribution >= 4 is 23.4 Å². The molecule has 0 radical (unpaired) electrons. The van der Waals surface area contributed by atoms with E-state index < -0.39 is 17.5 Å². The molecule has 6 nitrogen and oxygen atoms in total. The predicted octanol–water partition coefficient (Wildman–Crippen LogP) is 2.52. The van der Waals surface area contributed by atoms with E-state index in [1.807, 2.05) is 0 Å². The zero-order chi connectivity index (χ0) is 20.3. The van der Waals surface area contributed by atoms with Crippen LogP contribution in [0.1, 0.15) is 27.6 Å². The lowest BCUT2D eigenvalue weighted by Gasteiger charge is -2.35. The molecule has 1 heterocycles. The van der Waals surface area contributed by atoms with Crippen molar-refractivity contribution in [2.24, 2.45) is 0 Å². The van der Waals surface area contributed by atoms with Gasteiger partial charge in [-0.15, -0.1) is 0 Å². The van der Waals surface area contributed by atoms with Gasteiger partial charge in [-0.25, -0.2) is 8.78 Å². The van der Waals surface area contributed by atoms with Gasteiger partial charge in [0.1, 0.15) is 0 Å². The van der Waals surface area contributed by atoms with Gasteiger partial charge >= 0.3 is 0 Å². The van der Waals surface area contributed by atoms with Gasteiger partial charge in [-0.1, -0.05) is 0 Å². The van der Waals surface area contributed by atoms with Crippen molar-refractivity contribution in [3.05, 3.63) is 65.2 Å². The van der Waals surface area contributed by atoms with Gasteiger partial charge in [0.15, 0.2) is 11.6 Å². The molecular formula is C20H19F2N3O3. The van der Waals surface area contributed by atoms with Crippen LogP contribution < -0.4 is 5.32 Å². The molecule has 3 rings (SSSR count). The SMILES string of the molecule is CC(=O)Nc1ccc(C(=O)N2CCN(C(=O)c3ccc(F)c(F)c3)CC2)cc1. The Morgan fingerprint density at radius 3 is 1.79 bits per heavy atom. The first-order valence-electron chi connectivity index (χ1n) is 8.76. The van der Waals surface area contributed by atoms with Crippen LogP contribution in [0.25, 0.3) is 0 Å². The summed E-state index contributed by atoms with van der Waals surface area (Å²) in [4.78, 5) is 39.2. The fraction of sp³-hybridized carbons (Fsp3) is 0.250. The molecule has 2 aromatic carbocycles. The van der Waals surface area contributed by atoms with Gasteiger partial charge in [0.05, 0.1) is 0 Å². The molecule has 0 aromatic heterocycles. The van der Waals surface area contributed by atoms with E-state index in [2.05, 4.69) is 5.32 Å². The number of piperazine rings is 1. The summed E-state index contributed by atoms with van der Waals surface area (Å²) in [5.41, 5.74) is 1.16. The Bertz CT molecular complexity index is 907. The van der Waals surface area contributed by atoms with Gasteiger partial charge in [-0.05, 0) is 42.5 Å². The molecule has 3 amide bonds. The molecular weight excluding hydrogens is 368 g/mol. The van der Waals surface area contributed by atoms with Crippen LogP contribution in [0.15, 0.2) is 42.5 Å². The molecule has 0 atom stereocenters. The Morgan fingerprint density at radius 2 is 1.29 bits per heavy atom. The second-order valence-corrected chi connectivity index (χ2v) is 6.47. The number of amides is 3. The lowest BCUT2D eigenvalue weighted by Crippen LogP contribution is -2.50. The van der Waals surface area contributed by atoms with Gasteiger partial charge in [0.2, 0.25) is 5.91 Å². The minimum absolute atomic E-state index is 0.0761. The van der Waals surface area contributed by atoms with Crippen molar-refractivity contribution in [3.63, 3.8) is 0 Å². The van der Waals surface area contributed by atoms with E-state index >= 15 is 0 Å². The lowest BCUT2D eigenvalue weighted by atomic mass is 10.1. The minimum Gasteiger partial charge on any atom is -0.335 e. The van der Waals surface area contributed by atoms with Gasteiger partial charge in [-0.3, -0.25) is 14.4 Å². The molecule has 0 spiro atoms. The first-order valence-corrected chi connectivity index (χ1v) is 8.76. The number of hydrogen-bond donors (Lipinski definition) is 1. The van der Waals surface area contributed by atoms with Gasteiger partial charge < -0.3 is 15.1 Å². The summed E-state index contributed by atoms with van der Waals surface area (Å²) in [6.07, 6.45) is 0. The number of nitrogens with zero attached hydrogens (tertiary/aromatic N) is 2. The number of carbonyl (C=O) groups excluding carboxylic acids is 3. The number of rotatable bonds is 3. The fourth-order valence-electron chi connectivity index (χ4n) is 3.01. The maximum Gasteiger partial charge on any atom is 0.254 e. The van der Waals surface area contributed by atoms with Crippen LogP contribution in [0.4, 0.5) is 14.5 Å². The summed E-state index contributed by atoms with van der Waals surface area (Å²) in [5.74, 6) is -2.83. The van der Waals surface area contributed by atoms with Crippen LogP contribution in [0.3, 0.4) is 0 Å². The summed E-state index contributed by atoms with van der Waals surface area (Å²) < 4.78 is 26.4. The van der Waals surface area contributed by atoms with E-state index in [0.717, 1.165) is 12.1 Å². The molecule has 0 aliphatic carbocycles. The zero-order valence-electron chi connectivity index (χ0n) is 15.2. The monoisotopic (exact) mass is 387 g/mol. The Hall–Kier alpha value is -3.29. The molecule has 8 heteroatoms. The van der Waals surface area contributed by atoms with Crippen molar-refractivity contribution in [1.82, 2.24) is 9.80 Å². The van der Waals surface area contributed by atoms with E-state index in [9.17, 15) is 23.2 Å². The zero-order valence-corrected chi connectivity index (χ0v) is 15.2. The first kappa shape index (κ1) is 19.5. The van der Waals surface area contributed by atoms with Crippen LogP contribution in [0.5, 0.6) is 0 Å². The highest BCUT2D eigenvalue weighted by Gasteiger charge is 2.26. The third-order valence-electron chi connectivity index (χ3n) is 4.47. The second kappa shape index (κ2) is 8.16. The minimum atomic E-state index is -1.07. The van der Waals surface area contributed by atoms with Crippen molar-refractivity contribution < 1.29 is 23.2 Å². The van der Waals surface area contributed by atoms with E-state index in [0.29, 0.717) is 37.4 Å². The molecule has 1 saturated heterocycles. The Labute approximate surface area is 160 Å². The molecule has 1 aliphatic heterocycles. The van der Waals surface area contributed by atoms with Crippen molar-refractivity contribution in [2.75, 3.05) is 31.5 Å². The van der Waals surface area contributed by atoms with Crippen LogP contribution >= 0.6 is 0 Å². The standard InChI is InChI=1S/C20H19F2N3O3/c1-13(26)23-16-5-2-14(3-6-16)19(27)24-8-10-25(11-9-24)20(28)15-4-7-17(21)18(22)12-15/h2-7,12H,8-11H2,1H3,(H,23,26). The maximum absolute atomic E-state index is 13.3. The number of benzene rings is 2. The quantitative estimate of drug-likeness (QED) is 0.880. The average molecular weight is 387 g/mol. The number of halogens is 2. The number of nitrogens with one attached hydrogen (secondary N) is 1. The lowest BCUT2D eigenvalue weighted by molar-refractivity contribution is -0.114. The molecule has 1 fully saturated rings. The van der Waals surface area contributed by atoms with E-state index in [1.54, 1.807) is 29.2 Å². The Morgan fingerprint density at radius 1 is 0.786 bits per heavy atom. The largest absolute Gasteiger partial charge is 0.335 e. The van der Waals surface area contributed by atoms with Gasteiger partial charge in [0.25, 0.3) is 11.8 Å². The highest BCUT2D eigenvalue weighted by molar-refractivity contribution is 5.96. The smallest absolute Gasteiger partial charge is 0.254 e. The van der Waals surface area contributed by atoms with E-state index in [-0.39, 0.29) is 17.4 Å². The molecule has 0 unspecified atom stereocenters. The molecule has 0 bridgehead atoms. The van der Waals surface area contributed by atoms with Crippen LogP contribution in [0, 0.1) is 11.6 Å². The van der Waals surface area contributed by atoms with Crippen molar-refractivity contribution in [2.45, 2.75) is 6.92 Å². The van der Waals surface area contributed by atoms with Crippen molar-refractivity contribution in [3.8, 4) is 0 Å². The van der Waals surface area contributed by atoms with E-state index in [1.165, 1.54) is 17.9 Å². The van der Waals surface area contributed by atoms with Gasteiger partial charge in [-0.2, -0.15) is 0 Å². The molecule has 28 heavy (non-hydrogen) atoms. The predicted molar refractivity (Wildman–Crippen MR) is 98.9 cm³/mol. The van der Waals surface area contributed by atoms with Crippen LogP contribution in [-0.2, 0) is 4.79 Å². The van der Waals surface area contributed by atoms with Crippen LogP contribution in [-0.4, -0.2) is 53.7 Å². The highest BCUT2D eigenvalue weighted by Crippen LogP contribution is 2.16. The Kier molecular flexibility index (Phi) is 5.67. The van der Waals surface area contributed by atoms with Crippen LogP contribution in [0.2, 0.25) is 0 Å². The van der Waals surface area contributed by atoms with E-state index in [4.69, 9.17) is 0 Å². The third kappa shape index (κ3) is 4.33. The highest BCUT2D eigenvalue weighted by atomic mass is 19.2. The summed E-state index contributed by atoms with van der Waals surface area (Å²) in [6, 6.07) is 9.61. The molecule has 1 N–H and O–H groups in total. The topological polar surface area (TPSA) is 69.7 Å². The van der Waals surface area contributed by atoms with Crippen molar-refractivity contribution in [1.29, 1.82) is 0 Å². The number of hydrogen-bond acceptors (Lipinski definition) is 3. The fourth-order valence-corrected chi connectivity index (χ4v) is 3.01. The number of anilines is 1. The molecule has 2 aromatic rings. The summed E-state index contributed by atoms with van der Waals surface area (Å²) >= 11 is 0.